The van der Waals surface area contributed by atoms with E-state index in [4.69, 9.17) is 5.73 Å². The Labute approximate surface area is 127 Å². The Kier molecular flexibility index (Phi) is 3.30. The minimum absolute atomic E-state index is 0.424. The molecule has 3 rings (SSSR count). The molecule has 3 heteroatoms. The van der Waals surface area contributed by atoms with Crippen LogP contribution in [0.2, 0.25) is 0 Å². The van der Waals surface area contributed by atoms with Gasteiger partial charge in [-0.1, -0.05) is 60.1 Å². The molecule has 3 aromatic rings. The zero-order valence-electron chi connectivity index (χ0n) is 11.6. The van der Waals surface area contributed by atoms with Crippen LogP contribution in [-0.2, 0) is 0 Å². The van der Waals surface area contributed by atoms with Crippen molar-refractivity contribution in [3.05, 3.63) is 52.6 Å². The van der Waals surface area contributed by atoms with Gasteiger partial charge in [-0.2, -0.15) is 0 Å². The second-order valence-corrected chi connectivity index (χ2v) is 6.26. The molecule has 3 N–H and O–H groups in total. The first-order valence-electron chi connectivity index (χ1n) is 6.74. The van der Waals surface area contributed by atoms with E-state index in [1.54, 1.807) is 0 Å². The molecule has 2 nitrogen and oxygen atoms in total. The van der Waals surface area contributed by atoms with Crippen LogP contribution in [0.1, 0.15) is 25.5 Å². The van der Waals surface area contributed by atoms with Gasteiger partial charge in [0.25, 0.3) is 0 Å². The van der Waals surface area contributed by atoms with Gasteiger partial charge >= 0.3 is 0 Å². The average Bonchev–Trinajstić information content (AvgIpc) is 2.77. The molecule has 20 heavy (non-hydrogen) atoms. The Morgan fingerprint density at radius 3 is 2.55 bits per heavy atom. The molecule has 2 aromatic carbocycles. The number of H-pyrrole nitrogens is 1. The molecular formula is C17H17BrN2. The summed E-state index contributed by atoms with van der Waals surface area (Å²) in [5.41, 5.74) is 9.77. The van der Waals surface area contributed by atoms with E-state index >= 15 is 0 Å². The number of anilines is 1. The van der Waals surface area contributed by atoms with E-state index in [1.807, 2.05) is 12.1 Å². The van der Waals surface area contributed by atoms with Crippen LogP contribution in [0.25, 0.3) is 21.9 Å². The van der Waals surface area contributed by atoms with Gasteiger partial charge in [0.15, 0.2) is 0 Å². The first-order chi connectivity index (χ1) is 9.58. The largest absolute Gasteiger partial charge is 0.385 e. The maximum Gasteiger partial charge on any atom is 0.109 e. The smallest absolute Gasteiger partial charge is 0.109 e. The predicted octanol–water partition coefficient (Wildman–Crippen LogP) is 5.30. The van der Waals surface area contributed by atoms with Crippen LogP contribution < -0.4 is 5.73 Å². The van der Waals surface area contributed by atoms with Crippen molar-refractivity contribution in [2.75, 3.05) is 5.73 Å². The number of hydrogen-bond acceptors (Lipinski definition) is 1. The van der Waals surface area contributed by atoms with Crippen molar-refractivity contribution in [2.45, 2.75) is 19.8 Å². The summed E-state index contributed by atoms with van der Waals surface area (Å²) in [6.07, 6.45) is 0. The Balaban J connectivity index is 2.32. The van der Waals surface area contributed by atoms with Gasteiger partial charge in [-0.15, -0.1) is 0 Å². The normalized spacial score (nSPS) is 11.4. The number of aromatic amines is 1. The molecule has 0 radical (unpaired) electrons. The molecule has 0 aliphatic carbocycles. The summed E-state index contributed by atoms with van der Waals surface area (Å²) in [4.78, 5) is 3.34. The Hall–Kier alpha value is -1.74. The summed E-state index contributed by atoms with van der Waals surface area (Å²) < 4.78 is 1.07. The molecule has 0 amide bonds. The van der Waals surface area contributed by atoms with E-state index in [-0.39, 0.29) is 0 Å². The number of rotatable bonds is 2. The Bertz CT molecular complexity index is 772. The van der Waals surface area contributed by atoms with E-state index in [0.717, 1.165) is 15.7 Å². The van der Waals surface area contributed by atoms with Crippen LogP contribution in [0, 0.1) is 0 Å². The van der Waals surface area contributed by atoms with E-state index in [0.29, 0.717) is 5.92 Å². The molecule has 0 spiro atoms. The fraction of sp³-hybridized carbons (Fsp3) is 0.176. The fourth-order valence-electron chi connectivity index (χ4n) is 2.69. The number of halogens is 1. The number of nitrogen functional groups attached to an aromatic ring is 1. The van der Waals surface area contributed by atoms with Gasteiger partial charge in [0, 0.05) is 20.9 Å². The lowest BCUT2D eigenvalue weighted by Gasteiger charge is -2.06. The SMILES string of the molecule is CC(C)c1[nH]c(N)c2c(-c3cccc(Br)c3)cccc12. The second kappa shape index (κ2) is 4.98. The summed E-state index contributed by atoms with van der Waals surface area (Å²) in [7, 11) is 0. The van der Waals surface area contributed by atoms with Crippen molar-refractivity contribution < 1.29 is 0 Å². The topological polar surface area (TPSA) is 41.8 Å². The zero-order valence-corrected chi connectivity index (χ0v) is 13.2. The first kappa shape index (κ1) is 13.3. The third kappa shape index (κ3) is 2.12. The van der Waals surface area contributed by atoms with Crippen LogP contribution in [0.5, 0.6) is 0 Å². The molecule has 0 unspecified atom stereocenters. The number of fused-ring (bicyclic) bond motifs is 1. The highest BCUT2D eigenvalue weighted by atomic mass is 79.9. The summed E-state index contributed by atoms with van der Waals surface area (Å²) in [5.74, 6) is 1.17. The van der Waals surface area contributed by atoms with Crippen molar-refractivity contribution >= 4 is 32.5 Å². The van der Waals surface area contributed by atoms with E-state index in [1.165, 1.54) is 22.2 Å². The van der Waals surface area contributed by atoms with Crippen molar-refractivity contribution in [3.8, 4) is 11.1 Å². The lowest BCUT2D eigenvalue weighted by atomic mass is 9.98. The van der Waals surface area contributed by atoms with E-state index in [2.05, 4.69) is 65.1 Å². The van der Waals surface area contributed by atoms with Crippen LogP contribution in [0.4, 0.5) is 5.82 Å². The van der Waals surface area contributed by atoms with Crippen molar-refractivity contribution in [2.24, 2.45) is 0 Å². The highest BCUT2D eigenvalue weighted by Gasteiger charge is 2.14. The van der Waals surface area contributed by atoms with Gasteiger partial charge in [0.05, 0.1) is 0 Å². The van der Waals surface area contributed by atoms with E-state index in [9.17, 15) is 0 Å². The minimum atomic E-state index is 0.424. The first-order valence-corrected chi connectivity index (χ1v) is 7.53. The Morgan fingerprint density at radius 2 is 1.85 bits per heavy atom. The third-order valence-electron chi connectivity index (χ3n) is 3.61. The lowest BCUT2D eigenvalue weighted by Crippen LogP contribution is -1.89. The average molecular weight is 329 g/mol. The maximum absolute atomic E-state index is 6.22. The molecule has 0 atom stereocenters. The van der Waals surface area contributed by atoms with Crippen LogP contribution in [0.15, 0.2) is 46.9 Å². The lowest BCUT2D eigenvalue weighted by molar-refractivity contribution is 0.842. The second-order valence-electron chi connectivity index (χ2n) is 5.35. The van der Waals surface area contributed by atoms with Gasteiger partial charge < -0.3 is 10.7 Å². The molecule has 0 aliphatic rings. The van der Waals surface area contributed by atoms with Crippen LogP contribution in [-0.4, -0.2) is 4.98 Å². The van der Waals surface area contributed by atoms with Crippen molar-refractivity contribution in [1.82, 2.24) is 4.98 Å². The Morgan fingerprint density at radius 1 is 1.10 bits per heavy atom. The summed E-state index contributed by atoms with van der Waals surface area (Å²) >= 11 is 3.53. The van der Waals surface area contributed by atoms with Gasteiger partial charge in [-0.3, -0.25) is 0 Å². The maximum atomic E-state index is 6.22. The van der Waals surface area contributed by atoms with Crippen LogP contribution in [0.3, 0.4) is 0 Å². The number of nitrogens with one attached hydrogen (secondary N) is 1. The fourth-order valence-corrected chi connectivity index (χ4v) is 3.09. The van der Waals surface area contributed by atoms with E-state index < -0.39 is 0 Å². The van der Waals surface area contributed by atoms with Gasteiger partial charge in [-0.25, -0.2) is 0 Å². The molecule has 1 heterocycles. The molecular weight excluding hydrogens is 312 g/mol. The highest BCUT2D eigenvalue weighted by molar-refractivity contribution is 9.10. The predicted molar refractivity (Wildman–Crippen MR) is 89.9 cm³/mol. The molecule has 102 valence electrons. The molecule has 0 bridgehead atoms. The molecule has 0 saturated heterocycles. The number of benzene rings is 2. The monoisotopic (exact) mass is 328 g/mol. The highest BCUT2D eigenvalue weighted by Crippen LogP contribution is 2.37. The number of aromatic nitrogens is 1. The quantitative estimate of drug-likeness (QED) is 0.658. The molecule has 0 saturated carbocycles. The minimum Gasteiger partial charge on any atom is -0.385 e. The standard InChI is InChI=1S/C17H17BrN2/c1-10(2)16-14-8-4-7-13(15(14)17(19)20-16)11-5-3-6-12(18)9-11/h3-10,20H,19H2,1-2H3. The van der Waals surface area contributed by atoms with Gasteiger partial charge in [0.1, 0.15) is 5.82 Å². The zero-order chi connectivity index (χ0) is 14.3. The molecule has 0 aliphatic heterocycles. The summed E-state index contributed by atoms with van der Waals surface area (Å²) in [5, 5.41) is 2.34. The van der Waals surface area contributed by atoms with Gasteiger partial charge in [0.2, 0.25) is 0 Å². The summed E-state index contributed by atoms with van der Waals surface area (Å²) in [6.45, 7) is 4.35. The summed E-state index contributed by atoms with van der Waals surface area (Å²) in [6, 6.07) is 14.7. The molecule has 1 aromatic heterocycles. The molecule has 0 fully saturated rings. The number of hydrogen-bond donors (Lipinski definition) is 2. The van der Waals surface area contributed by atoms with Gasteiger partial charge in [-0.05, 0) is 29.2 Å². The third-order valence-corrected chi connectivity index (χ3v) is 4.10. The van der Waals surface area contributed by atoms with Crippen molar-refractivity contribution in [1.29, 1.82) is 0 Å². The van der Waals surface area contributed by atoms with Crippen LogP contribution >= 0.6 is 15.9 Å². The number of nitrogens with two attached hydrogens (primary N) is 1. The van der Waals surface area contributed by atoms with Crippen molar-refractivity contribution in [3.63, 3.8) is 0 Å².